The van der Waals surface area contributed by atoms with Crippen molar-refractivity contribution in [2.75, 3.05) is 5.75 Å². The monoisotopic (exact) mass is 342 g/mol. The SMILES string of the molecule is C[Si](C)(C)CCSc1nccc(-c2ccc(CO)cc2)c1C#N. The first kappa shape index (κ1) is 17.7. The van der Waals surface area contributed by atoms with Crippen LogP contribution >= 0.6 is 11.8 Å². The molecule has 0 fully saturated rings. The Kier molecular flexibility index (Phi) is 6.00. The Morgan fingerprint density at radius 1 is 1.17 bits per heavy atom. The van der Waals surface area contributed by atoms with Gasteiger partial charge in [-0.05, 0) is 29.0 Å². The van der Waals surface area contributed by atoms with Gasteiger partial charge in [-0.15, -0.1) is 11.8 Å². The van der Waals surface area contributed by atoms with Crippen molar-refractivity contribution in [1.29, 1.82) is 5.26 Å². The van der Waals surface area contributed by atoms with E-state index in [2.05, 4.69) is 30.7 Å². The molecule has 3 nitrogen and oxygen atoms in total. The van der Waals surface area contributed by atoms with Gasteiger partial charge >= 0.3 is 0 Å². The second-order valence-corrected chi connectivity index (χ2v) is 13.4. The maximum atomic E-state index is 9.59. The van der Waals surface area contributed by atoms with E-state index in [0.29, 0.717) is 5.56 Å². The van der Waals surface area contributed by atoms with Gasteiger partial charge in [0.2, 0.25) is 0 Å². The summed E-state index contributed by atoms with van der Waals surface area (Å²) in [5.74, 6) is 1.00. The molecule has 0 amide bonds. The van der Waals surface area contributed by atoms with Crippen LogP contribution in [0.2, 0.25) is 25.7 Å². The summed E-state index contributed by atoms with van der Waals surface area (Å²) < 4.78 is 0. The van der Waals surface area contributed by atoms with Crippen molar-refractivity contribution in [3.05, 3.63) is 47.7 Å². The lowest BCUT2D eigenvalue weighted by molar-refractivity contribution is 0.282. The maximum absolute atomic E-state index is 9.59. The molecule has 0 spiro atoms. The fourth-order valence-electron chi connectivity index (χ4n) is 2.14. The number of hydrogen-bond donors (Lipinski definition) is 1. The summed E-state index contributed by atoms with van der Waals surface area (Å²) in [6.45, 7) is 7.08. The number of nitriles is 1. The third kappa shape index (κ3) is 4.93. The molecule has 0 saturated carbocycles. The molecule has 0 aliphatic carbocycles. The van der Waals surface area contributed by atoms with Gasteiger partial charge in [-0.3, -0.25) is 0 Å². The fraction of sp³-hybridized carbons (Fsp3) is 0.333. The van der Waals surface area contributed by atoms with Gasteiger partial charge in [0.15, 0.2) is 0 Å². The van der Waals surface area contributed by atoms with Gasteiger partial charge in [-0.2, -0.15) is 5.26 Å². The zero-order chi connectivity index (χ0) is 16.9. The number of aliphatic hydroxyl groups excluding tert-OH is 1. The number of hydrogen-bond acceptors (Lipinski definition) is 4. The Hall–Kier alpha value is -1.61. The molecule has 0 atom stereocenters. The molecule has 23 heavy (non-hydrogen) atoms. The van der Waals surface area contributed by atoms with E-state index in [1.807, 2.05) is 30.3 Å². The Bertz CT molecular complexity index is 702. The summed E-state index contributed by atoms with van der Waals surface area (Å²) in [5, 5.41) is 19.5. The van der Waals surface area contributed by atoms with Gasteiger partial charge in [0.1, 0.15) is 11.1 Å². The van der Waals surface area contributed by atoms with Crippen LogP contribution in [-0.2, 0) is 6.61 Å². The molecule has 1 aromatic carbocycles. The molecule has 0 aliphatic heterocycles. The lowest BCUT2D eigenvalue weighted by Crippen LogP contribution is -2.19. The van der Waals surface area contributed by atoms with Gasteiger partial charge < -0.3 is 5.11 Å². The van der Waals surface area contributed by atoms with Crippen molar-refractivity contribution in [3.63, 3.8) is 0 Å². The summed E-state index contributed by atoms with van der Waals surface area (Å²) in [6, 6.07) is 13.1. The molecule has 120 valence electrons. The lowest BCUT2D eigenvalue weighted by Gasteiger charge is -2.15. The van der Waals surface area contributed by atoms with Crippen molar-refractivity contribution in [2.45, 2.75) is 37.3 Å². The molecule has 1 N–H and O–H groups in total. The van der Waals surface area contributed by atoms with E-state index in [-0.39, 0.29) is 6.61 Å². The lowest BCUT2D eigenvalue weighted by atomic mass is 10.0. The van der Waals surface area contributed by atoms with Crippen molar-refractivity contribution in [3.8, 4) is 17.2 Å². The first-order valence-corrected chi connectivity index (χ1v) is 12.4. The van der Waals surface area contributed by atoms with Gasteiger partial charge in [0.25, 0.3) is 0 Å². The summed E-state index contributed by atoms with van der Waals surface area (Å²) in [4.78, 5) is 4.40. The molecule has 0 unspecified atom stereocenters. The number of thioether (sulfide) groups is 1. The topological polar surface area (TPSA) is 56.9 Å². The van der Waals surface area contributed by atoms with Crippen LogP contribution in [0.3, 0.4) is 0 Å². The molecular weight excluding hydrogens is 320 g/mol. The van der Waals surface area contributed by atoms with Crippen LogP contribution in [0.1, 0.15) is 11.1 Å². The highest BCUT2D eigenvalue weighted by atomic mass is 32.2. The first-order valence-electron chi connectivity index (χ1n) is 7.66. The van der Waals surface area contributed by atoms with Gasteiger partial charge in [-0.1, -0.05) is 43.9 Å². The predicted molar refractivity (Wildman–Crippen MR) is 99.2 cm³/mol. The molecule has 0 saturated heterocycles. The van der Waals surface area contributed by atoms with E-state index in [4.69, 9.17) is 5.11 Å². The second kappa shape index (κ2) is 7.78. The average Bonchev–Trinajstić information content (AvgIpc) is 2.53. The van der Waals surface area contributed by atoms with Crippen LogP contribution in [0.25, 0.3) is 11.1 Å². The maximum Gasteiger partial charge on any atom is 0.114 e. The third-order valence-electron chi connectivity index (χ3n) is 3.57. The number of aliphatic hydroxyl groups is 1. The molecular formula is C18H22N2OSSi. The average molecular weight is 343 g/mol. The Balaban J connectivity index is 2.27. The highest BCUT2D eigenvalue weighted by Gasteiger charge is 2.15. The highest BCUT2D eigenvalue weighted by Crippen LogP contribution is 2.31. The summed E-state index contributed by atoms with van der Waals surface area (Å²) >= 11 is 1.68. The van der Waals surface area contributed by atoms with E-state index >= 15 is 0 Å². The van der Waals surface area contributed by atoms with Crippen molar-refractivity contribution in [1.82, 2.24) is 4.98 Å². The third-order valence-corrected chi connectivity index (χ3v) is 6.67. The molecule has 2 rings (SSSR count). The van der Waals surface area contributed by atoms with Crippen LogP contribution in [0.15, 0.2) is 41.6 Å². The summed E-state index contributed by atoms with van der Waals surface area (Å²) in [5.41, 5.74) is 3.39. The van der Waals surface area contributed by atoms with E-state index in [1.54, 1.807) is 18.0 Å². The van der Waals surface area contributed by atoms with E-state index < -0.39 is 8.07 Å². The Morgan fingerprint density at radius 3 is 2.43 bits per heavy atom. The van der Waals surface area contributed by atoms with E-state index in [1.165, 1.54) is 6.04 Å². The minimum Gasteiger partial charge on any atom is -0.392 e. The van der Waals surface area contributed by atoms with E-state index in [9.17, 15) is 5.26 Å². The number of nitrogens with zero attached hydrogens (tertiary/aromatic N) is 2. The molecule has 0 aliphatic rings. The van der Waals surface area contributed by atoms with Crippen molar-refractivity contribution < 1.29 is 5.11 Å². The largest absolute Gasteiger partial charge is 0.392 e. The van der Waals surface area contributed by atoms with Gasteiger partial charge in [0.05, 0.1) is 12.2 Å². The zero-order valence-corrected chi connectivity index (χ0v) is 15.7. The number of pyridine rings is 1. The molecule has 0 bridgehead atoms. The van der Waals surface area contributed by atoms with Crippen LogP contribution in [0.5, 0.6) is 0 Å². The summed E-state index contributed by atoms with van der Waals surface area (Å²) in [6.07, 6.45) is 1.77. The quantitative estimate of drug-likeness (QED) is 0.618. The van der Waals surface area contributed by atoms with Gasteiger partial charge in [-0.25, -0.2) is 4.98 Å². The predicted octanol–water partition coefficient (Wildman–Crippen LogP) is 4.54. The molecule has 1 aromatic heterocycles. The molecule has 1 heterocycles. The standard InChI is InChI=1S/C18H22N2OSSi/c1-23(2,3)11-10-22-18-17(12-19)16(8-9-20-18)15-6-4-14(13-21)5-7-15/h4-9,21H,10-11,13H2,1-3H3. The van der Waals surface area contributed by atoms with Crippen LogP contribution in [-0.4, -0.2) is 23.9 Å². The molecule has 5 heteroatoms. The first-order chi connectivity index (χ1) is 10.9. The minimum absolute atomic E-state index is 0.0273. The highest BCUT2D eigenvalue weighted by molar-refractivity contribution is 7.99. The smallest absolute Gasteiger partial charge is 0.114 e. The van der Waals surface area contributed by atoms with Gasteiger partial charge in [0, 0.05) is 19.8 Å². The van der Waals surface area contributed by atoms with Crippen LogP contribution in [0.4, 0.5) is 0 Å². The van der Waals surface area contributed by atoms with Crippen LogP contribution in [0, 0.1) is 11.3 Å². The Labute approximate surface area is 143 Å². The van der Waals surface area contributed by atoms with Crippen LogP contribution < -0.4 is 0 Å². The minimum atomic E-state index is -1.08. The molecule has 0 radical (unpaired) electrons. The number of aromatic nitrogens is 1. The number of rotatable bonds is 6. The van der Waals surface area contributed by atoms with Crippen molar-refractivity contribution in [2.24, 2.45) is 0 Å². The Morgan fingerprint density at radius 2 is 1.87 bits per heavy atom. The number of benzene rings is 1. The van der Waals surface area contributed by atoms with Crippen molar-refractivity contribution >= 4 is 19.8 Å². The summed E-state index contributed by atoms with van der Waals surface area (Å²) in [7, 11) is -1.08. The molecule has 2 aromatic rings. The normalized spacial score (nSPS) is 11.3. The fourth-order valence-corrected chi connectivity index (χ4v) is 5.63. The second-order valence-electron chi connectivity index (χ2n) is 6.66. The zero-order valence-electron chi connectivity index (χ0n) is 13.8. The van der Waals surface area contributed by atoms with E-state index in [0.717, 1.165) is 27.5 Å².